The number of rotatable bonds is 7. The fraction of sp³-hybridized carbons (Fsp3) is 0.259. The van der Waals surface area contributed by atoms with E-state index in [0.717, 1.165) is 29.0 Å². The van der Waals surface area contributed by atoms with Crippen LogP contribution in [-0.2, 0) is 10.0 Å². The van der Waals surface area contributed by atoms with Crippen molar-refractivity contribution in [1.29, 1.82) is 0 Å². The molecule has 3 aromatic rings. The number of sulfonamides is 1. The average molecular weight is 477 g/mol. The molecule has 2 aliphatic rings. The second-order valence-electron chi connectivity index (χ2n) is 8.53. The quantitative estimate of drug-likeness (QED) is 0.427. The molecule has 0 saturated heterocycles. The van der Waals surface area contributed by atoms with Crippen LogP contribution in [-0.4, -0.2) is 22.1 Å². The summed E-state index contributed by atoms with van der Waals surface area (Å²) in [6.07, 6.45) is 5.30. The van der Waals surface area contributed by atoms with E-state index in [-0.39, 0.29) is 22.8 Å². The minimum absolute atomic E-state index is 0.0769. The van der Waals surface area contributed by atoms with Crippen molar-refractivity contribution in [2.24, 2.45) is 5.92 Å². The number of hydrogen-bond donors (Lipinski definition) is 2. The molecule has 7 heteroatoms. The summed E-state index contributed by atoms with van der Waals surface area (Å²) in [5.41, 5.74) is 3.56. The zero-order chi connectivity index (χ0) is 23.7. The van der Waals surface area contributed by atoms with Crippen molar-refractivity contribution in [3.63, 3.8) is 0 Å². The summed E-state index contributed by atoms with van der Waals surface area (Å²) >= 11 is 0. The van der Waals surface area contributed by atoms with E-state index in [1.54, 1.807) is 43.5 Å². The molecule has 0 radical (unpaired) electrons. The molecule has 0 fully saturated rings. The fourth-order valence-corrected chi connectivity index (χ4v) is 6.06. The molecule has 0 spiro atoms. The molecule has 1 aliphatic heterocycles. The van der Waals surface area contributed by atoms with Gasteiger partial charge in [-0.05, 0) is 73.4 Å². The fourth-order valence-electron chi connectivity index (χ4n) is 4.97. The zero-order valence-electron chi connectivity index (χ0n) is 19.2. The number of fused-ring (bicyclic) bond motifs is 3. The lowest BCUT2D eigenvalue weighted by molar-refractivity contribution is 0.340. The third-order valence-corrected chi connectivity index (χ3v) is 7.92. The molecule has 0 amide bonds. The SMILES string of the molecule is CCOc1ccc(NS(=O)(=O)c2ccc3c(c2)C2C=CCC2C(c2ccccc2OC)N3)cc1. The maximum atomic E-state index is 13.2. The maximum Gasteiger partial charge on any atom is 0.261 e. The van der Waals surface area contributed by atoms with Gasteiger partial charge in [-0.25, -0.2) is 8.42 Å². The van der Waals surface area contributed by atoms with Crippen molar-refractivity contribution in [2.75, 3.05) is 23.8 Å². The molecule has 6 nitrogen and oxygen atoms in total. The lowest BCUT2D eigenvalue weighted by Gasteiger charge is -2.38. The van der Waals surface area contributed by atoms with Crippen LogP contribution in [0.2, 0.25) is 0 Å². The van der Waals surface area contributed by atoms with Gasteiger partial charge in [-0.3, -0.25) is 4.72 Å². The first-order valence-electron chi connectivity index (χ1n) is 11.5. The standard InChI is InChI=1S/C27H28N2O4S/c1-3-33-19-13-11-18(12-14-19)29-34(30,31)20-15-16-25-24(17-20)21-8-6-9-22(21)27(28-25)23-7-4-5-10-26(23)32-2/h4-8,10-17,21-22,27-29H,3,9H2,1-2H3. The van der Waals surface area contributed by atoms with Crippen molar-refractivity contribution in [1.82, 2.24) is 0 Å². The Kier molecular flexibility index (Phi) is 5.96. The number of methoxy groups -OCH3 is 1. The highest BCUT2D eigenvalue weighted by atomic mass is 32.2. The second-order valence-corrected chi connectivity index (χ2v) is 10.2. The predicted octanol–water partition coefficient (Wildman–Crippen LogP) is 5.72. The van der Waals surface area contributed by atoms with Crippen LogP contribution in [0.3, 0.4) is 0 Å². The molecule has 3 aromatic carbocycles. The Balaban J connectivity index is 1.45. The molecule has 5 rings (SSSR count). The first-order chi connectivity index (χ1) is 16.5. The predicted molar refractivity (Wildman–Crippen MR) is 134 cm³/mol. The Hall–Kier alpha value is -3.45. The van der Waals surface area contributed by atoms with Gasteiger partial charge in [-0.2, -0.15) is 0 Å². The number of ether oxygens (including phenoxy) is 2. The number of allylic oxidation sites excluding steroid dienone is 2. The summed E-state index contributed by atoms with van der Waals surface area (Å²) in [6, 6.07) is 20.4. The van der Waals surface area contributed by atoms with Gasteiger partial charge in [0.1, 0.15) is 11.5 Å². The van der Waals surface area contributed by atoms with Gasteiger partial charge in [0, 0.05) is 22.9 Å². The third kappa shape index (κ3) is 4.12. The van der Waals surface area contributed by atoms with Gasteiger partial charge >= 0.3 is 0 Å². The van der Waals surface area contributed by atoms with Crippen LogP contribution in [0.1, 0.15) is 36.4 Å². The highest BCUT2D eigenvalue weighted by Crippen LogP contribution is 2.51. The summed E-state index contributed by atoms with van der Waals surface area (Å²) in [4.78, 5) is 0.247. The molecule has 34 heavy (non-hydrogen) atoms. The molecule has 2 N–H and O–H groups in total. The Labute approximate surface area is 200 Å². The van der Waals surface area contributed by atoms with E-state index in [9.17, 15) is 8.42 Å². The molecule has 3 atom stereocenters. The van der Waals surface area contributed by atoms with Gasteiger partial charge in [-0.15, -0.1) is 0 Å². The van der Waals surface area contributed by atoms with E-state index in [1.165, 1.54) is 0 Å². The monoisotopic (exact) mass is 476 g/mol. The first kappa shape index (κ1) is 22.3. The van der Waals surface area contributed by atoms with E-state index in [0.29, 0.717) is 18.0 Å². The normalized spacial score (nSPS) is 20.7. The van der Waals surface area contributed by atoms with Crippen LogP contribution in [0.15, 0.2) is 83.8 Å². The van der Waals surface area contributed by atoms with Crippen LogP contribution >= 0.6 is 0 Å². The molecule has 0 aromatic heterocycles. The van der Waals surface area contributed by atoms with Gasteiger partial charge in [0.2, 0.25) is 0 Å². The molecule has 1 aliphatic carbocycles. The number of nitrogens with one attached hydrogen (secondary N) is 2. The third-order valence-electron chi connectivity index (χ3n) is 6.54. The van der Waals surface area contributed by atoms with E-state index < -0.39 is 10.0 Å². The molecule has 3 unspecified atom stereocenters. The van der Waals surface area contributed by atoms with Crippen molar-refractivity contribution < 1.29 is 17.9 Å². The van der Waals surface area contributed by atoms with E-state index in [2.05, 4.69) is 28.3 Å². The Morgan fingerprint density at radius 2 is 1.82 bits per heavy atom. The zero-order valence-corrected chi connectivity index (χ0v) is 20.0. The van der Waals surface area contributed by atoms with Crippen molar-refractivity contribution >= 4 is 21.4 Å². The molecule has 1 heterocycles. The van der Waals surface area contributed by atoms with Crippen LogP contribution in [0, 0.1) is 5.92 Å². The van der Waals surface area contributed by atoms with Gasteiger partial charge in [0.05, 0.1) is 24.7 Å². The molecule has 176 valence electrons. The second kappa shape index (κ2) is 9.06. The van der Waals surface area contributed by atoms with Gasteiger partial charge < -0.3 is 14.8 Å². The van der Waals surface area contributed by atoms with Gasteiger partial charge in [0.25, 0.3) is 10.0 Å². The van der Waals surface area contributed by atoms with E-state index in [4.69, 9.17) is 9.47 Å². The highest BCUT2D eigenvalue weighted by molar-refractivity contribution is 7.92. The number of hydrogen-bond acceptors (Lipinski definition) is 5. The van der Waals surface area contributed by atoms with Crippen molar-refractivity contribution in [2.45, 2.75) is 30.2 Å². The summed E-state index contributed by atoms with van der Waals surface area (Å²) in [5.74, 6) is 1.97. The number of para-hydroxylation sites is 1. The van der Waals surface area contributed by atoms with E-state index in [1.807, 2.05) is 31.2 Å². The highest BCUT2D eigenvalue weighted by Gasteiger charge is 2.39. The van der Waals surface area contributed by atoms with Crippen LogP contribution in [0.5, 0.6) is 11.5 Å². The molecule has 0 bridgehead atoms. The minimum atomic E-state index is -3.74. The summed E-state index contributed by atoms with van der Waals surface area (Å²) < 4.78 is 40.1. The topological polar surface area (TPSA) is 76.7 Å². The average Bonchev–Trinajstić information content (AvgIpc) is 3.35. The molecule has 0 saturated carbocycles. The lowest BCUT2D eigenvalue weighted by Crippen LogP contribution is -2.29. The largest absolute Gasteiger partial charge is 0.496 e. The van der Waals surface area contributed by atoms with Crippen LogP contribution in [0.4, 0.5) is 11.4 Å². The summed E-state index contributed by atoms with van der Waals surface area (Å²) in [6.45, 7) is 2.47. The Morgan fingerprint density at radius 1 is 1.03 bits per heavy atom. The van der Waals surface area contributed by atoms with Crippen molar-refractivity contribution in [3.05, 3.63) is 90.0 Å². The van der Waals surface area contributed by atoms with Crippen LogP contribution in [0.25, 0.3) is 0 Å². The van der Waals surface area contributed by atoms with E-state index >= 15 is 0 Å². The summed E-state index contributed by atoms with van der Waals surface area (Å²) in [7, 11) is -2.05. The lowest BCUT2D eigenvalue weighted by atomic mass is 9.77. The molecular formula is C27H28N2O4S. The smallest absolute Gasteiger partial charge is 0.261 e. The van der Waals surface area contributed by atoms with Crippen molar-refractivity contribution in [3.8, 4) is 11.5 Å². The van der Waals surface area contributed by atoms with Crippen LogP contribution < -0.4 is 19.5 Å². The Bertz CT molecular complexity index is 1320. The Morgan fingerprint density at radius 3 is 2.59 bits per heavy atom. The number of benzene rings is 3. The summed E-state index contributed by atoms with van der Waals surface area (Å²) in [5, 5.41) is 3.66. The molecular weight excluding hydrogens is 448 g/mol. The first-order valence-corrected chi connectivity index (χ1v) is 12.9. The minimum Gasteiger partial charge on any atom is -0.496 e. The van der Waals surface area contributed by atoms with Gasteiger partial charge in [0.15, 0.2) is 0 Å². The number of anilines is 2. The van der Waals surface area contributed by atoms with Gasteiger partial charge in [-0.1, -0.05) is 30.4 Å². The maximum absolute atomic E-state index is 13.2.